The molecule has 0 saturated carbocycles. The van der Waals surface area contributed by atoms with Crippen LogP contribution in [0.25, 0.3) is 0 Å². The number of hydrogen-bond donors (Lipinski definition) is 2. The number of anilines is 1. The van der Waals surface area contributed by atoms with E-state index in [-0.39, 0.29) is 24.0 Å². The summed E-state index contributed by atoms with van der Waals surface area (Å²) in [5.41, 5.74) is 2.60. The van der Waals surface area contributed by atoms with Crippen LogP contribution < -0.4 is 15.5 Å². The summed E-state index contributed by atoms with van der Waals surface area (Å²) in [6, 6.07) is 8.71. The van der Waals surface area contributed by atoms with Crippen molar-refractivity contribution in [2.75, 3.05) is 39.1 Å². The zero-order chi connectivity index (χ0) is 14.8. The minimum Gasteiger partial charge on any atom is -0.378 e. The van der Waals surface area contributed by atoms with E-state index >= 15 is 0 Å². The van der Waals surface area contributed by atoms with Crippen molar-refractivity contribution in [1.82, 2.24) is 10.6 Å². The summed E-state index contributed by atoms with van der Waals surface area (Å²) >= 11 is 0. The van der Waals surface area contributed by atoms with E-state index in [9.17, 15) is 0 Å². The van der Waals surface area contributed by atoms with Gasteiger partial charge in [0.15, 0.2) is 5.96 Å². The summed E-state index contributed by atoms with van der Waals surface area (Å²) in [5, 5.41) is 6.44. The number of halogens is 1. The molecule has 0 bridgehead atoms. The Bertz CT molecular complexity index is 426. The minimum atomic E-state index is 0. The molecule has 21 heavy (non-hydrogen) atoms. The first kappa shape index (κ1) is 19.8. The third-order valence-electron chi connectivity index (χ3n) is 3.02. The number of guanidine groups is 1. The maximum absolute atomic E-state index is 4.14. The topological polar surface area (TPSA) is 39.7 Å². The van der Waals surface area contributed by atoms with E-state index in [1.54, 1.807) is 7.05 Å². The molecule has 0 amide bonds. The number of aryl methyl sites for hydroxylation is 1. The summed E-state index contributed by atoms with van der Waals surface area (Å²) in [6.45, 7) is 5.31. The van der Waals surface area contributed by atoms with Crippen molar-refractivity contribution in [1.29, 1.82) is 0 Å². The van der Waals surface area contributed by atoms with E-state index in [0.717, 1.165) is 31.9 Å². The van der Waals surface area contributed by atoms with Gasteiger partial charge in [-0.15, -0.1) is 30.6 Å². The van der Waals surface area contributed by atoms with Gasteiger partial charge < -0.3 is 15.5 Å². The fourth-order valence-corrected chi connectivity index (χ4v) is 1.85. The second-order valence-electron chi connectivity index (χ2n) is 4.83. The smallest absolute Gasteiger partial charge is 0.191 e. The Morgan fingerprint density at radius 1 is 1.24 bits per heavy atom. The molecule has 1 aromatic rings. The number of nitrogens with one attached hydrogen (secondary N) is 2. The fourth-order valence-electron chi connectivity index (χ4n) is 1.85. The second kappa shape index (κ2) is 11.4. The van der Waals surface area contributed by atoms with Gasteiger partial charge in [-0.1, -0.05) is 18.2 Å². The summed E-state index contributed by atoms with van der Waals surface area (Å²) in [4.78, 5) is 6.25. The van der Waals surface area contributed by atoms with Crippen molar-refractivity contribution >= 4 is 35.6 Å². The molecule has 0 heterocycles. The Hall–Kier alpha value is -1.24. The van der Waals surface area contributed by atoms with E-state index in [0.29, 0.717) is 0 Å². The molecule has 0 aliphatic rings. The normalized spacial score (nSPS) is 10.5. The molecule has 4 nitrogen and oxygen atoms in total. The van der Waals surface area contributed by atoms with Crippen molar-refractivity contribution in [3.05, 3.63) is 42.5 Å². The Labute approximate surface area is 145 Å². The lowest BCUT2D eigenvalue weighted by atomic mass is 10.1. The van der Waals surface area contributed by atoms with E-state index in [1.807, 2.05) is 6.08 Å². The zero-order valence-corrected chi connectivity index (χ0v) is 15.6. The molecular formula is C16H27IN4. The Balaban J connectivity index is 0.00000400. The van der Waals surface area contributed by atoms with Crippen LogP contribution in [-0.2, 0) is 6.42 Å². The van der Waals surface area contributed by atoms with Gasteiger partial charge in [-0.2, -0.15) is 0 Å². The molecule has 0 fully saturated rings. The molecule has 5 heteroatoms. The van der Waals surface area contributed by atoms with E-state index in [2.05, 4.69) is 65.5 Å². The SMILES string of the molecule is C=CCNC(=NC)NCCCc1ccc(N(C)C)cc1.I. The van der Waals surface area contributed by atoms with Gasteiger partial charge in [-0.25, -0.2) is 0 Å². The molecule has 0 saturated heterocycles. The molecule has 0 aliphatic heterocycles. The number of aliphatic imine (C=N–C) groups is 1. The van der Waals surface area contributed by atoms with Gasteiger partial charge in [0.05, 0.1) is 0 Å². The maximum Gasteiger partial charge on any atom is 0.191 e. The summed E-state index contributed by atoms with van der Waals surface area (Å²) in [5.74, 6) is 0.827. The Morgan fingerprint density at radius 3 is 2.43 bits per heavy atom. The average molecular weight is 402 g/mol. The van der Waals surface area contributed by atoms with Crippen LogP contribution in [0.5, 0.6) is 0 Å². The van der Waals surface area contributed by atoms with Gasteiger partial charge in [0, 0.05) is 39.9 Å². The molecular weight excluding hydrogens is 375 g/mol. The van der Waals surface area contributed by atoms with Crippen molar-refractivity contribution in [3.63, 3.8) is 0 Å². The van der Waals surface area contributed by atoms with E-state index < -0.39 is 0 Å². The van der Waals surface area contributed by atoms with Crippen LogP contribution in [0.1, 0.15) is 12.0 Å². The lowest BCUT2D eigenvalue weighted by molar-refractivity contribution is 0.753. The largest absolute Gasteiger partial charge is 0.378 e. The standard InChI is InChI=1S/C16H26N4.HI/c1-5-12-18-16(17-2)19-13-6-7-14-8-10-15(11-9-14)20(3)4;/h5,8-11H,1,6-7,12-13H2,2-4H3,(H2,17,18,19);1H. The van der Waals surface area contributed by atoms with Gasteiger partial charge in [0.25, 0.3) is 0 Å². The number of hydrogen-bond acceptors (Lipinski definition) is 2. The van der Waals surface area contributed by atoms with Crippen molar-refractivity contribution in [2.45, 2.75) is 12.8 Å². The lowest BCUT2D eigenvalue weighted by Gasteiger charge is -2.13. The van der Waals surface area contributed by atoms with Gasteiger partial charge in [-0.05, 0) is 30.5 Å². The minimum absolute atomic E-state index is 0. The van der Waals surface area contributed by atoms with Crippen molar-refractivity contribution in [2.24, 2.45) is 4.99 Å². The lowest BCUT2D eigenvalue weighted by Crippen LogP contribution is -2.37. The molecule has 1 rings (SSSR count). The third kappa shape index (κ3) is 7.94. The second-order valence-corrected chi connectivity index (χ2v) is 4.83. The summed E-state index contributed by atoms with van der Waals surface area (Å²) in [6.07, 6.45) is 3.97. The van der Waals surface area contributed by atoms with E-state index in [1.165, 1.54) is 11.3 Å². The zero-order valence-electron chi connectivity index (χ0n) is 13.2. The van der Waals surface area contributed by atoms with E-state index in [4.69, 9.17) is 0 Å². The van der Waals surface area contributed by atoms with Gasteiger partial charge in [0.1, 0.15) is 0 Å². The monoisotopic (exact) mass is 402 g/mol. The van der Waals surface area contributed by atoms with Crippen LogP contribution in [0.2, 0.25) is 0 Å². The van der Waals surface area contributed by atoms with Crippen LogP contribution in [0.4, 0.5) is 5.69 Å². The van der Waals surface area contributed by atoms with Gasteiger partial charge in [0.2, 0.25) is 0 Å². The quantitative estimate of drug-likeness (QED) is 0.242. The number of rotatable bonds is 7. The molecule has 0 atom stereocenters. The fraction of sp³-hybridized carbons (Fsp3) is 0.438. The summed E-state index contributed by atoms with van der Waals surface area (Å²) < 4.78 is 0. The van der Waals surface area contributed by atoms with Crippen molar-refractivity contribution in [3.8, 4) is 0 Å². The molecule has 2 N–H and O–H groups in total. The molecule has 0 aliphatic carbocycles. The molecule has 1 aromatic carbocycles. The van der Waals surface area contributed by atoms with Crippen LogP contribution in [0, 0.1) is 0 Å². The first-order valence-electron chi connectivity index (χ1n) is 6.99. The first-order chi connectivity index (χ1) is 9.67. The highest BCUT2D eigenvalue weighted by Crippen LogP contribution is 2.13. The molecule has 0 radical (unpaired) electrons. The van der Waals surface area contributed by atoms with Gasteiger partial charge in [-0.3, -0.25) is 4.99 Å². The highest BCUT2D eigenvalue weighted by atomic mass is 127. The van der Waals surface area contributed by atoms with Crippen LogP contribution >= 0.6 is 24.0 Å². The third-order valence-corrected chi connectivity index (χ3v) is 3.02. The Kier molecular flexibility index (Phi) is 10.7. The van der Waals surface area contributed by atoms with Gasteiger partial charge >= 0.3 is 0 Å². The number of nitrogens with zero attached hydrogens (tertiary/aromatic N) is 2. The highest BCUT2D eigenvalue weighted by Gasteiger charge is 1.98. The summed E-state index contributed by atoms with van der Waals surface area (Å²) in [7, 11) is 5.89. The molecule has 0 aromatic heterocycles. The molecule has 0 spiro atoms. The van der Waals surface area contributed by atoms with Crippen molar-refractivity contribution < 1.29 is 0 Å². The first-order valence-corrected chi connectivity index (χ1v) is 6.99. The predicted octanol–water partition coefficient (Wildman–Crippen LogP) is 2.65. The maximum atomic E-state index is 4.14. The molecule has 118 valence electrons. The number of benzene rings is 1. The van der Waals surface area contributed by atoms with Crippen LogP contribution in [-0.4, -0.2) is 40.2 Å². The predicted molar refractivity (Wildman–Crippen MR) is 104 cm³/mol. The van der Waals surface area contributed by atoms with Crippen LogP contribution in [0.15, 0.2) is 41.9 Å². The van der Waals surface area contributed by atoms with Crippen LogP contribution in [0.3, 0.4) is 0 Å². The Morgan fingerprint density at radius 2 is 1.90 bits per heavy atom. The molecule has 0 unspecified atom stereocenters. The average Bonchev–Trinajstić information content (AvgIpc) is 2.47. The highest BCUT2D eigenvalue weighted by molar-refractivity contribution is 14.0.